The zero-order valence-corrected chi connectivity index (χ0v) is 13.0. The lowest BCUT2D eigenvalue weighted by atomic mass is 9.99. The van der Waals surface area contributed by atoms with Gasteiger partial charge in [-0.15, -0.1) is 0 Å². The molecule has 0 amide bonds. The summed E-state index contributed by atoms with van der Waals surface area (Å²) < 4.78 is 0. The van der Waals surface area contributed by atoms with E-state index in [1.54, 1.807) is 0 Å². The van der Waals surface area contributed by atoms with Gasteiger partial charge >= 0.3 is 0 Å². The normalized spacial score (nSPS) is 12.3. The molecule has 0 saturated carbocycles. The van der Waals surface area contributed by atoms with Crippen LogP contribution in [0.4, 0.5) is 5.69 Å². The smallest absolute Gasteiger partial charge is 0.0637 e. The van der Waals surface area contributed by atoms with Crippen molar-refractivity contribution in [2.45, 2.75) is 19.9 Å². The number of anilines is 1. The number of aryl methyl sites for hydroxylation is 1. The van der Waals surface area contributed by atoms with Crippen molar-refractivity contribution in [1.82, 2.24) is 0 Å². The predicted molar refractivity (Wildman–Crippen MR) is 92.2 cm³/mol. The largest absolute Gasteiger partial charge is 0.377 e. The zero-order chi connectivity index (χ0) is 14.8. The SMILES string of the molecule is Cc1ccc(Cl)c(NC(C)c2cccc3ccccc23)c1. The minimum absolute atomic E-state index is 0.190. The molecule has 0 saturated heterocycles. The predicted octanol–water partition coefficient (Wildman–Crippen LogP) is 5.97. The standard InChI is InChI=1S/C19H18ClN/c1-13-10-11-18(20)19(12-13)21-14(2)16-9-5-7-15-6-3-4-8-17(15)16/h3-12,14,21H,1-2H3. The highest BCUT2D eigenvalue weighted by molar-refractivity contribution is 6.33. The average Bonchev–Trinajstić information content (AvgIpc) is 2.50. The number of rotatable bonds is 3. The first-order chi connectivity index (χ1) is 10.1. The van der Waals surface area contributed by atoms with Gasteiger partial charge < -0.3 is 5.32 Å². The van der Waals surface area contributed by atoms with Crippen molar-refractivity contribution < 1.29 is 0 Å². The van der Waals surface area contributed by atoms with E-state index in [9.17, 15) is 0 Å². The Morgan fingerprint density at radius 2 is 1.71 bits per heavy atom. The maximum Gasteiger partial charge on any atom is 0.0637 e. The molecular weight excluding hydrogens is 278 g/mol. The van der Waals surface area contributed by atoms with Crippen LogP contribution < -0.4 is 5.32 Å². The second kappa shape index (κ2) is 5.79. The summed E-state index contributed by atoms with van der Waals surface area (Å²) in [5.74, 6) is 0. The van der Waals surface area contributed by atoms with E-state index in [1.807, 2.05) is 12.1 Å². The molecule has 1 nitrogen and oxygen atoms in total. The van der Waals surface area contributed by atoms with Gasteiger partial charge in [0.2, 0.25) is 0 Å². The lowest BCUT2D eigenvalue weighted by molar-refractivity contribution is 0.894. The number of hydrogen-bond acceptors (Lipinski definition) is 1. The third-order valence-electron chi connectivity index (χ3n) is 3.78. The van der Waals surface area contributed by atoms with Crippen molar-refractivity contribution >= 4 is 28.1 Å². The Morgan fingerprint density at radius 1 is 0.952 bits per heavy atom. The molecule has 0 spiro atoms. The van der Waals surface area contributed by atoms with Gasteiger partial charge in [-0.1, -0.05) is 60.1 Å². The fourth-order valence-electron chi connectivity index (χ4n) is 2.69. The molecule has 0 bridgehead atoms. The van der Waals surface area contributed by atoms with Gasteiger partial charge in [0.25, 0.3) is 0 Å². The Balaban J connectivity index is 1.97. The number of halogens is 1. The van der Waals surface area contributed by atoms with Gasteiger partial charge in [0.15, 0.2) is 0 Å². The van der Waals surface area contributed by atoms with E-state index in [1.165, 1.54) is 21.9 Å². The maximum atomic E-state index is 6.28. The zero-order valence-electron chi connectivity index (χ0n) is 12.2. The van der Waals surface area contributed by atoms with Crippen LogP contribution in [0.1, 0.15) is 24.1 Å². The van der Waals surface area contributed by atoms with E-state index >= 15 is 0 Å². The van der Waals surface area contributed by atoms with Gasteiger partial charge in [0.1, 0.15) is 0 Å². The topological polar surface area (TPSA) is 12.0 Å². The third-order valence-corrected chi connectivity index (χ3v) is 4.11. The van der Waals surface area contributed by atoms with E-state index in [0.717, 1.165) is 10.7 Å². The fraction of sp³-hybridized carbons (Fsp3) is 0.158. The highest BCUT2D eigenvalue weighted by Gasteiger charge is 2.10. The van der Waals surface area contributed by atoms with Crippen LogP contribution in [0.25, 0.3) is 10.8 Å². The fourth-order valence-corrected chi connectivity index (χ4v) is 2.86. The monoisotopic (exact) mass is 295 g/mol. The van der Waals surface area contributed by atoms with Crippen molar-refractivity contribution in [3.05, 3.63) is 76.8 Å². The summed E-state index contributed by atoms with van der Waals surface area (Å²) in [6, 6.07) is 21.1. The Morgan fingerprint density at radius 3 is 2.57 bits per heavy atom. The summed E-state index contributed by atoms with van der Waals surface area (Å²) in [6.45, 7) is 4.24. The van der Waals surface area contributed by atoms with Crippen LogP contribution in [0.3, 0.4) is 0 Å². The van der Waals surface area contributed by atoms with E-state index in [2.05, 4.69) is 67.7 Å². The number of hydrogen-bond donors (Lipinski definition) is 1. The van der Waals surface area contributed by atoms with Crippen molar-refractivity contribution in [1.29, 1.82) is 0 Å². The van der Waals surface area contributed by atoms with Crippen LogP contribution in [-0.4, -0.2) is 0 Å². The summed E-state index contributed by atoms with van der Waals surface area (Å²) in [4.78, 5) is 0. The van der Waals surface area contributed by atoms with Crippen molar-refractivity contribution in [2.75, 3.05) is 5.32 Å². The molecule has 106 valence electrons. The minimum atomic E-state index is 0.190. The second-order valence-corrected chi connectivity index (χ2v) is 5.82. The average molecular weight is 296 g/mol. The quantitative estimate of drug-likeness (QED) is 0.627. The Bertz CT molecular complexity index is 774. The molecule has 0 aromatic heterocycles. The minimum Gasteiger partial charge on any atom is -0.377 e. The van der Waals surface area contributed by atoms with Crippen LogP contribution in [0, 0.1) is 6.92 Å². The molecule has 0 heterocycles. The van der Waals surface area contributed by atoms with Gasteiger partial charge in [0.05, 0.1) is 10.7 Å². The summed E-state index contributed by atoms with van der Waals surface area (Å²) in [5, 5.41) is 6.83. The molecule has 3 aromatic carbocycles. The molecule has 2 heteroatoms. The van der Waals surface area contributed by atoms with Crippen LogP contribution in [0.5, 0.6) is 0 Å². The molecule has 0 radical (unpaired) electrons. The van der Waals surface area contributed by atoms with E-state index in [0.29, 0.717) is 0 Å². The summed E-state index contributed by atoms with van der Waals surface area (Å²) in [5.41, 5.74) is 3.47. The third kappa shape index (κ3) is 2.88. The van der Waals surface area contributed by atoms with Crippen LogP contribution in [0.2, 0.25) is 5.02 Å². The highest BCUT2D eigenvalue weighted by atomic mass is 35.5. The van der Waals surface area contributed by atoms with Gasteiger partial charge in [-0.2, -0.15) is 0 Å². The molecule has 1 atom stereocenters. The van der Waals surface area contributed by atoms with Gasteiger partial charge in [0, 0.05) is 6.04 Å². The first-order valence-electron chi connectivity index (χ1n) is 7.15. The van der Waals surface area contributed by atoms with E-state index in [4.69, 9.17) is 11.6 Å². The molecule has 1 unspecified atom stereocenters. The summed E-state index contributed by atoms with van der Waals surface area (Å²) in [7, 11) is 0. The molecular formula is C19H18ClN. The summed E-state index contributed by atoms with van der Waals surface area (Å²) in [6.07, 6.45) is 0. The Kier molecular flexibility index (Phi) is 3.85. The maximum absolute atomic E-state index is 6.28. The molecule has 0 aliphatic heterocycles. The van der Waals surface area contributed by atoms with Crippen LogP contribution >= 0.6 is 11.6 Å². The first-order valence-corrected chi connectivity index (χ1v) is 7.53. The Hall–Kier alpha value is -1.99. The van der Waals surface area contributed by atoms with Crippen molar-refractivity contribution in [3.63, 3.8) is 0 Å². The second-order valence-electron chi connectivity index (χ2n) is 5.42. The summed E-state index contributed by atoms with van der Waals surface area (Å²) >= 11 is 6.28. The van der Waals surface area contributed by atoms with Gasteiger partial charge in [-0.05, 0) is 47.9 Å². The van der Waals surface area contributed by atoms with E-state index in [-0.39, 0.29) is 6.04 Å². The molecule has 1 N–H and O–H groups in total. The molecule has 3 rings (SSSR count). The molecule has 0 aliphatic carbocycles. The lowest BCUT2D eigenvalue weighted by Crippen LogP contribution is -2.07. The number of nitrogens with one attached hydrogen (secondary N) is 1. The molecule has 0 aliphatic rings. The molecule has 21 heavy (non-hydrogen) atoms. The first kappa shape index (κ1) is 14.0. The number of fused-ring (bicyclic) bond motifs is 1. The van der Waals surface area contributed by atoms with Gasteiger partial charge in [-0.3, -0.25) is 0 Å². The molecule has 3 aromatic rings. The van der Waals surface area contributed by atoms with E-state index < -0.39 is 0 Å². The number of benzene rings is 3. The van der Waals surface area contributed by atoms with Crippen molar-refractivity contribution in [3.8, 4) is 0 Å². The van der Waals surface area contributed by atoms with Crippen molar-refractivity contribution in [2.24, 2.45) is 0 Å². The van der Waals surface area contributed by atoms with Crippen LogP contribution in [0.15, 0.2) is 60.7 Å². The lowest BCUT2D eigenvalue weighted by Gasteiger charge is -2.19. The highest BCUT2D eigenvalue weighted by Crippen LogP contribution is 2.30. The molecule has 0 fully saturated rings. The Labute approximate surface area is 130 Å². The van der Waals surface area contributed by atoms with Gasteiger partial charge in [-0.25, -0.2) is 0 Å². The van der Waals surface area contributed by atoms with Crippen LogP contribution in [-0.2, 0) is 0 Å².